The molecule has 0 spiro atoms. The Labute approximate surface area is 244 Å². The van der Waals surface area contributed by atoms with Gasteiger partial charge in [0, 0.05) is 36.2 Å². The van der Waals surface area contributed by atoms with Crippen LogP contribution in [0.4, 0.5) is 10.1 Å². The Kier molecular flexibility index (Phi) is 8.59. The summed E-state index contributed by atoms with van der Waals surface area (Å²) in [6.07, 6.45) is 2.36. The van der Waals surface area contributed by atoms with Crippen molar-refractivity contribution in [1.29, 1.82) is 0 Å². The lowest BCUT2D eigenvalue weighted by Crippen LogP contribution is -2.31. The Morgan fingerprint density at radius 3 is 2.21 bits per heavy atom. The smallest absolute Gasteiger partial charge is 0.255 e. The fourth-order valence-electron chi connectivity index (χ4n) is 4.87. The molecule has 5 aromatic rings. The van der Waals surface area contributed by atoms with E-state index in [1.54, 1.807) is 24.3 Å². The molecular formula is C33H31FN2O5S. The van der Waals surface area contributed by atoms with E-state index < -0.39 is 15.8 Å². The number of anilines is 1. The molecule has 0 aliphatic heterocycles. The van der Waals surface area contributed by atoms with Gasteiger partial charge in [0.05, 0.1) is 24.1 Å². The number of halogens is 1. The summed E-state index contributed by atoms with van der Waals surface area (Å²) in [6.45, 7) is 0.664. The number of fused-ring (bicyclic) bond motifs is 1. The van der Waals surface area contributed by atoms with Gasteiger partial charge in [-0.05, 0) is 60.9 Å². The average molecular weight is 587 g/mol. The predicted octanol–water partition coefficient (Wildman–Crippen LogP) is 6.89. The highest BCUT2D eigenvalue weighted by Crippen LogP contribution is 2.41. The monoisotopic (exact) mass is 586 g/mol. The Hall–Kier alpha value is -4.63. The molecule has 9 heteroatoms. The van der Waals surface area contributed by atoms with E-state index in [0.717, 1.165) is 11.3 Å². The molecule has 0 aliphatic rings. The number of hydrogen-bond acceptors (Lipinski definition) is 5. The molecule has 1 aromatic heterocycles. The molecule has 1 amide bonds. The van der Waals surface area contributed by atoms with E-state index in [0.29, 0.717) is 47.2 Å². The minimum atomic E-state index is -3.71. The first kappa shape index (κ1) is 28.9. The molecule has 1 heterocycles. The first-order valence-electron chi connectivity index (χ1n) is 13.6. The number of furan rings is 1. The van der Waals surface area contributed by atoms with Crippen molar-refractivity contribution in [3.05, 3.63) is 108 Å². The second kappa shape index (κ2) is 12.5. The standard InChI is InChI=1S/C33H31FN2O5S/c1-35-33(37)31-28-21-27(23-11-5-3-6-12-23)29(22-30(28)41-32(31)24-15-17-25(34)18-16-24)36(42(2,38)39)19-9-10-20-40-26-13-7-4-8-14-26/h3-8,11-18,21-22H,9-10,19-20H2,1-2H3,(H,35,37). The van der Waals surface area contributed by atoms with E-state index in [9.17, 15) is 17.6 Å². The van der Waals surface area contributed by atoms with Gasteiger partial charge < -0.3 is 14.5 Å². The van der Waals surface area contributed by atoms with Crippen molar-refractivity contribution in [2.75, 3.05) is 30.8 Å². The molecule has 0 fully saturated rings. The maximum Gasteiger partial charge on any atom is 0.255 e. The van der Waals surface area contributed by atoms with Crippen LogP contribution in [0.15, 0.2) is 101 Å². The van der Waals surface area contributed by atoms with Gasteiger partial charge in [-0.2, -0.15) is 0 Å². The number of para-hydroxylation sites is 1. The van der Waals surface area contributed by atoms with Crippen molar-refractivity contribution in [3.8, 4) is 28.2 Å². The Bertz CT molecular complexity index is 1790. The highest BCUT2D eigenvalue weighted by Gasteiger charge is 2.27. The van der Waals surface area contributed by atoms with Crippen molar-refractivity contribution in [2.45, 2.75) is 12.8 Å². The molecule has 4 aromatic carbocycles. The number of carbonyl (C=O) groups is 1. The van der Waals surface area contributed by atoms with Crippen LogP contribution in [0.1, 0.15) is 23.2 Å². The van der Waals surface area contributed by atoms with E-state index in [1.165, 1.54) is 29.7 Å². The first-order chi connectivity index (χ1) is 20.3. The average Bonchev–Trinajstić information content (AvgIpc) is 3.37. The molecule has 0 atom stereocenters. The Balaban J connectivity index is 1.58. The lowest BCUT2D eigenvalue weighted by Gasteiger charge is -2.25. The van der Waals surface area contributed by atoms with Crippen molar-refractivity contribution >= 4 is 32.6 Å². The third kappa shape index (κ3) is 6.31. The highest BCUT2D eigenvalue weighted by molar-refractivity contribution is 7.92. The topological polar surface area (TPSA) is 88.8 Å². The molecule has 0 radical (unpaired) electrons. The van der Waals surface area contributed by atoms with E-state index in [1.807, 2.05) is 60.7 Å². The molecule has 0 unspecified atom stereocenters. The number of ether oxygens (including phenoxy) is 1. The zero-order valence-electron chi connectivity index (χ0n) is 23.3. The summed E-state index contributed by atoms with van der Waals surface area (Å²) < 4.78 is 53.4. The SMILES string of the molecule is CNC(=O)c1c(-c2ccc(F)cc2)oc2cc(N(CCCCOc3ccccc3)S(C)(=O)=O)c(-c3ccccc3)cc12. The number of hydrogen-bond donors (Lipinski definition) is 1. The minimum Gasteiger partial charge on any atom is -0.494 e. The lowest BCUT2D eigenvalue weighted by atomic mass is 9.98. The summed E-state index contributed by atoms with van der Waals surface area (Å²) in [5.74, 6) is 0.238. The van der Waals surface area contributed by atoms with Crippen LogP contribution in [0.5, 0.6) is 5.75 Å². The zero-order valence-corrected chi connectivity index (χ0v) is 24.2. The predicted molar refractivity (Wildman–Crippen MR) is 164 cm³/mol. The molecule has 0 bridgehead atoms. The number of rotatable bonds is 11. The van der Waals surface area contributed by atoms with Crippen molar-refractivity contribution in [2.24, 2.45) is 0 Å². The van der Waals surface area contributed by atoms with Gasteiger partial charge in [-0.15, -0.1) is 0 Å². The largest absolute Gasteiger partial charge is 0.494 e. The number of sulfonamides is 1. The summed E-state index contributed by atoms with van der Waals surface area (Å²) >= 11 is 0. The third-order valence-electron chi connectivity index (χ3n) is 6.89. The van der Waals surface area contributed by atoms with E-state index in [4.69, 9.17) is 9.15 Å². The molecular weight excluding hydrogens is 555 g/mol. The second-order valence-electron chi connectivity index (χ2n) is 9.83. The van der Waals surface area contributed by atoms with Gasteiger partial charge >= 0.3 is 0 Å². The Morgan fingerprint density at radius 1 is 0.905 bits per heavy atom. The maximum absolute atomic E-state index is 13.7. The van der Waals surface area contributed by atoms with Crippen LogP contribution in [0.25, 0.3) is 33.4 Å². The van der Waals surface area contributed by atoms with Crippen molar-refractivity contribution in [3.63, 3.8) is 0 Å². The summed E-state index contributed by atoms with van der Waals surface area (Å²) in [4.78, 5) is 13.1. The normalized spacial score (nSPS) is 11.4. The van der Waals surface area contributed by atoms with Crippen molar-refractivity contribution < 1.29 is 26.8 Å². The highest BCUT2D eigenvalue weighted by atomic mass is 32.2. The number of nitrogens with zero attached hydrogens (tertiary/aromatic N) is 1. The van der Waals surface area contributed by atoms with Gasteiger partial charge in [-0.25, -0.2) is 12.8 Å². The van der Waals surface area contributed by atoms with Crippen LogP contribution in [0.2, 0.25) is 0 Å². The van der Waals surface area contributed by atoms with Crippen molar-refractivity contribution in [1.82, 2.24) is 5.32 Å². The maximum atomic E-state index is 13.7. The quantitative estimate of drug-likeness (QED) is 0.170. The molecule has 0 aliphatic carbocycles. The first-order valence-corrected chi connectivity index (χ1v) is 15.4. The molecule has 0 saturated heterocycles. The van der Waals surface area contributed by atoms with Gasteiger partial charge in [0.2, 0.25) is 10.0 Å². The summed E-state index contributed by atoms with van der Waals surface area (Å²) in [6, 6.07) is 28.0. The molecule has 216 valence electrons. The number of nitrogens with one attached hydrogen (secondary N) is 1. The number of carbonyl (C=O) groups excluding carboxylic acids is 1. The molecule has 0 saturated carbocycles. The minimum absolute atomic E-state index is 0.218. The van der Waals surface area contributed by atoms with Crippen LogP contribution in [-0.2, 0) is 10.0 Å². The molecule has 7 nitrogen and oxygen atoms in total. The Morgan fingerprint density at radius 2 is 1.57 bits per heavy atom. The van der Waals surface area contributed by atoms with Crippen LogP contribution < -0.4 is 14.4 Å². The fraction of sp³-hybridized carbons (Fsp3) is 0.182. The van der Waals surface area contributed by atoms with Crippen LogP contribution >= 0.6 is 0 Å². The molecule has 42 heavy (non-hydrogen) atoms. The van der Waals surface area contributed by atoms with Gasteiger partial charge in [0.1, 0.15) is 22.9 Å². The fourth-order valence-corrected chi connectivity index (χ4v) is 5.84. The van der Waals surface area contributed by atoms with E-state index in [-0.39, 0.29) is 23.8 Å². The molecule has 1 N–H and O–H groups in total. The number of unbranched alkanes of at least 4 members (excludes halogenated alkanes) is 1. The number of amides is 1. The summed E-state index contributed by atoms with van der Waals surface area (Å²) in [5.41, 5.74) is 2.99. The van der Waals surface area contributed by atoms with E-state index in [2.05, 4.69) is 5.32 Å². The van der Waals surface area contributed by atoms with Crippen LogP contribution in [-0.4, -0.2) is 40.8 Å². The third-order valence-corrected chi connectivity index (χ3v) is 8.07. The zero-order chi connectivity index (χ0) is 29.7. The van der Waals surface area contributed by atoms with Gasteiger partial charge in [-0.1, -0.05) is 48.5 Å². The number of benzene rings is 4. The summed E-state index contributed by atoms with van der Waals surface area (Å²) in [7, 11) is -2.18. The summed E-state index contributed by atoms with van der Waals surface area (Å²) in [5, 5.41) is 3.18. The van der Waals surface area contributed by atoms with Crippen LogP contribution in [0, 0.1) is 5.82 Å². The van der Waals surface area contributed by atoms with Gasteiger partial charge in [0.15, 0.2) is 0 Å². The van der Waals surface area contributed by atoms with Gasteiger partial charge in [-0.3, -0.25) is 9.10 Å². The van der Waals surface area contributed by atoms with E-state index >= 15 is 0 Å². The second-order valence-corrected chi connectivity index (χ2v) is 11.7. The van der Waals surface area contributed by atoms with Crippen LogP contribution in [0.3, 0.4) is 0 Å². The molecule has 5 rings (SSSR count). The lowest BCUT2D eigenvalue weighted by molar-refractivity contribution is 0.0964. The van der Waals surface area contributed by atoms with Gasteiger partial charge in [0.25, 0.3) is 5.91 Å².